The average molecular weight is 521 g/mol. The van der Waals surface area contributed by atoms with Gasteiger partial charge in [-0.25, -0.2) is 4.79 Å². The molecule has 0 aromatic heterocycles. The molecule has 1 fully saturated rings. The first-order valence-corrected chi connectivity index (χ1v) is 11.6. The van der Waals surface area contributed by atoms with E-state index in [1.807, 2.05) is 0 Å². The zero-order valence-electron chi connectivity index (χ0n) is 20.1. The molecule has 5 amide bonds. The number of carbonyl (C=O) groups excluding carboxylic acids is 5. The zero-order chi connectivity index (χ0) is 27.7. The second kappa shape index (κ2) is 13.2. The van der Waals surface area contributed by atoms with Crippen LogP contribution in [0.5, 0.6) is 5.75 Å². The Hall–Kier alpha value is -4.20. The van der Waals surface area contributed by atoms with Crippen molar-refractivity contribution in [1.29, 1.82) is 0 Å². The Bertz CT molecular complexity index is 1030. The first kappa shape index (κ1) is 29.0. The number of aromatic hydroxyl groups is 1. The Morgan fingerprint density at radius 1 is 0.973 bits per heavy atom. The standard InChI is InChI=1S/C23H32N6O8/c24-14(10-12-3-5-13(30)6-4-12)20(33)28-16(11-19(26)32)21(34)27-15(7-8-18(25)31)22(35)29-9-1-2-17(29)23(36)37/h3-6,14-17,30H,1-2,7-11,24H2,(H2,25,31)(H2,26,32)(H,27,34)(H,28,33)(H,36,37). The number of carboxylic acids is 1. The summed E-state index contributed by atoms with van der Waals surface area (Å²) in [5.41, 5.74) is 17.0. The predicted octanol–water partition coefficient (Wildman–Crippen LogP) is -2.55. The number of phenolic OH excluding ortho intramolecular Hbond substituents is 1. The van der Waals surface area contributed by atoms with E-state index < -0.39 is 66.1 Å². The third-order valence-corrected chi connectivity index (χ3v) is 5.88. The fourth-order valence-electron chi connectivity index (χ4n) is 3.97. The maximum Gasteiger partial charge on any atom is 0.326 e. The molecule has 10 N–H and O–H groups in total. The molecule has 1 aliphatic rings. The molecule has 1 aromatic rings. The third kappa shape index (κ3) is 8.75. The molecule has 2 rings (SSSR count). The molecule has 4 unspecified atom stereocenters. The Morgan fingerprint density at radius 2 is 1.59 bits per heavy atom. The number of carbonyl (C=O) groups is 6. The van der Waals surface area contributed by atoms with Crippen molar-refractivity contribution < 1.29 is 39.0 Å². The molecule has 0 aliphatic carbocycles. The van der Waals surface area contributed by atoms with Crippen molar-refractivity contribution in [3.8, 4) is 5.75 Å². The Morgan fingerprint density at radius 3 is 2.16 bits per heavy atom. The van der Waals surface area contributed by atoms with E-state index in [0.717, 1.165) is 4.90 Å². The van der Waals surface area contributed by atoms with Crippen LogP contribution in [0.15, 0.2) is 24.3 Å². The maximum atomic E-state index is 13.1. The summed E-state index contributed by atoms with van der Waals surface area (Å²) in [6, 6.07) is 0.928. The van der Waals surface area contributed by atoms with E-state index in [0.29, 0.717) is 12.0 Å². The molecule has 0 radical (unpaired) electrons. The molecule has 1 aliphatic heterocycles. The lowest BCUT2D eigenvalue weighted by Gasteiger charge is -2.28. The lowest BCUT2D eigenvalue weighted by molar-refractivity contribution is -0.149. The summed E-state index contributed by atoms with van der Waals surface area (Å²) in [5, 5.41) is 23.5. The fourth-order valence-corrected chi connectivity index (χ4v) is 3.97. The monoisotopic (exact) mass is 520 g/mol. The smallest absolute Gasteiger partial charge is 0.326 e. The summed E-state index contributed by atoms with van der Waals surface area (Å²) in [4.78, 5) is 74.3. The molecular weight excluding hydrogens is 488 g/mol. The summed E-state index contributed by atoms with van der Waals surface area (Å²) in [6.45, 7) is 0.145. The van der Waals surface area contributed by atoms with Gasteiger partial charge < -0.3 is 42.9 Å². The van der Waals surface area contributed by atoms with Crippen LogP contribution in [0.4, 0.5) is 0 Å². The second-order valence-corrected chi connectivity index (χ2v) is 8.80. The van der Waals surface area contributed by atoms with Crippen LogP contribution in [0.3, 0.4) is 0 Å². The molecule has 202 valence electrons. The summed E-state index contributed by atoms with van der Waals surface area (Å²) >= 11 is 0. The van der Waals surface area contributed by atoms with E-state index in [1.165, 1.54) is 12.1 Å². The molecule has 1 aromatic carbocycles. The Balaban J connectivity index is 2.14. The number of likely N-dealkylation sites (tertiary alicyclic amines) is 1. The number of benzene rings is 1. The lowest BCUT2D eigenvalue weighted by Crippen LogP contribution is -2.58. The van der Waals surface area contributed by atoms with E-state index >= 15 is 0 Å². The van der Waals surface area contributed by atoms with Crippen LogP contribution in [0, 0.1) is 0 Å². The van der Waals surface area contributed by atoms with Gasteiger partial charge in [-0.05, 0) is 43.4 Å². The van der Waals surface area contributed by atoms with Crippen molar-refractivity contribution in [3.05, 3.63) is 29.8 Å². The topological polar surface area (TPSA) is 248 Å². The molecule has 14 nitrogen and oxygen atoms in total. The van der Waals surface area contributed by atoms with Gasteiger partial charge in [0.25, 0.3) is 0 Å². The normalized spacial score (nSPS) is 17.3. The maximum absolute atomic E-state index is 13.1. The highest BCUT2D eigenvalue weighted by Crippen LogP contribution is 2.20. The highest BCUT2D eigenvalue weighted by Gasteiger charge is 2.38. The number of hydrogen-bond acceptors (Lipinski definition) is 8. The fraction of sp³-hybridized carbons (Fsp3) is 0.478. The molecule has 37 heavy (non-hydrogen) atoms. The molecule has 1 saturated heterocycles. The van der Waals surface area contributed by atoms with Crippen LogP contribution in [-0.4, -0.2) is 81.3 Å². The number of nitrogens with zero attached hydrogens (tertiary/aromatic N) is 1. The molecule has 4 atom stereocenters. The van der Waals surface area contributed by atoms with Crippen LogP contribution in [0.1, 0.15) is 37.7 Å². The van der Waals surface area contributed by atoms with E-state index in [1.54, 1.807) is 12.1 Å². The largest absolute Gasteiger partial charge is 0.508 e. The highest BCUT2D eigenvalue weighted by molar-refractivity contribution is 5.96. The number of primary amides is 2. The van der Waals surface area contributed by atoms with Crippen LogP contribution < -0.4 is 27.8 Å². The summed E-state index contributed by atoms with van der Waals surface area (Å²) < 4.78 is 0. The first-order valence-electron chi connectivity index (χ1n) is 11.6. The molecular formula is C23H32N6O8. The van der Waals surface area contributed by atoms with Crippen molar-refractivity contribution in [2.24, 2.45) is 17.2 Å². The van der Waals surface area contributed by atoms with Crippen LogP contribution in [-0.2, 0) is 35.2 Å². The van der Waals surface area contributed by atoms with Crippen LogP contribution in [0.2, 0.25) is 0 Å². The van der Waals surface area contributed by atoms with Gasteiger partial charge in [-0.15, -0.1) is 0 Å². The molecule has 0 bridgehead atoms. The zero-order valence-corrected chi connectivity index (χ0v) is 20.1. The third-order valence-electron chi connectivity index (χ3n) is 5.88. The Labute approximate surface area is 212 Å². The van der Waals surface area contributed by atoms with Crippen LogP contribution >= 0.6 is 0 Å². The van der Waals surface area contributed by atoms with E-state index in [4.69, 9.17) is 17.2 Å². The quantitative estimate of drug-likeness (QED) is 0.144. The number of amides is 5. The van der Waals surface area contributed by atoms with Gasteiger partial charge in [-0.1, -0.05) is 12.1 Å². The number of aliphatic carboxylic acids is 1. The summed E-state index contributed by atoms with van der Waals surface area (Å²) in [5.74, 6) is -5.29. The van der Waals surface area contributed by atoms with Gasteiger partial charge in [0.05, 0.1) is 12.5 Å². The van der Waals surface area contributed by atoms with Gasteiger partial charge >= 0.3 is 5.97 Å². The number of phenols is 1. The summed E-state index contributed by atoms with van der Waals surface area (Å²) in [6.07, 6.45) is -0.383. The number of nitrogens with one attached hydrogen (secondary N) is 2. The molecule has 14 heteroatoms. The van der Waals surface area contributed by atoms with E-state index in [9.17, 15) is 39.0 Å². The highest BCUT2D eigenvalue weighted by atomic mass is 16.4. The lowest BCUT2D eigenvalue weighted by atomic mass is 10.0. The second-order valence-electron chi connectivity index (χ2n) is 8.80. The van der Waals surface area contributed by atoms with E-state index in [2.05, 4.69) is 10.6 Å². The predicted molar refractivity (Wildman–Crippen MR) is 128 cm³/mol. The Kier molecular flexibility index (Phi) is 10.4. The SMILES string of the molecule is NC(=O)CCC(NC(=O)C(CC(N)=O)NC(=O)C(N)Cc1ccc(O)cc1)C(=O)N1CCCC1C(=O)O. The number of rotatable bonds is 13. The van der Waals surface area contributed by atoms with Gasteiger partial charge in [-0.2, -0.15) is 0 Å². The minimum Gasteiger partial charge on any atom is -0.508 e. The van der Waals surface area contributed by atoms with E-state index in [-0.39, 0.29) is 38.0 Å². The van der Waals surface area contributed by atoms with Gasteiger partial charge in [0.2, 0.25) is 29.5 Å². The van der Waals surface area contributed by atoms with Crippen LogP contribution in [0.25, 0.3) is 0 Å². The van der Waals surface area contributed by atoms with Gasteiger partial charge in [0.15, 0.2) is 0 Å². The van der Waals surface area contributed by atoms with Gasteiger partial charge in [-0.3, -0.25) is 24.0 Å². The molecule has 0 saturated carbocycles. The van der Waals surface area contributed by atoms with Gasteiger partial charge in [0, 0.05) is 13.0 Å². The first-order chi connectivity index (χ1) is 17.4. The van der Waals surface area contributed by atoms with Crippen molar-refractivity contribution in [3.63, 3.8) is 0 Å². The van der Waals surface area contributed by atoms with Crippen molar-refractivity contribution in [2.75, 3.05) is 6.54 Å². The molecule has 0 spiro atoms. The summed E-state index contributed by atoms with van der Waals surface area (Å²) in [7, 11) is 0. The number of hydrogen-bond donors (Lipinski definition) is 7. The minimum absolute atomic E-state index is 0.0315. The molecule has 1 heterocycles. The minimum atomic E-state index is -1.49. The van der Waals surface area contributed by atoms with Crippen molar-refractivity contribution in [2.45, 2.75) is 62.7 Å². The van der Waals surface area contributed by atoms with Gasteiger partial charge in [0.1, 0.15) is 23.9 Å². The average Bonchev–Trinajstić information content (AvgIpc) is 3.32. The van der Waals surface area contributed by atoms with Crippen molar-refractivity contribution >= 4 is 35.5 Å². The van der Waals surface area contributed by atoms with Crippen molar-refractivity contribution in [1.82, 2.24) is 15.5 Å². The number of carboxylic acid groups (broad SMARTS) is 1. The number of nitrogens with two attached hydrogens (primary N) is 3.